The molecule has 5 heteroatoms. The highest BCUT2D eigenvalue weighted by molar-refractivity contribution is 14.1. The van der Waals surface area contributed by atoms with E-state index in [2.05, 4.69) is 40.1 Å². The molecule has 0 aliphatic rings. The molecule has 1 heterocycles. The molecular formula is C16H20ClIN2O. The molecule has 0 unspecified atom stereocenters. The van der Waals surface area contributed by atoms with E-state index in [4.69, 9.17) is 16.0 Å². The van der Waals surface area contributed by atoms with Gasteiger partial charge in [-0.2, -0.15) is 0 Å². The van der Waals surface area contributed by atoms with Gasteiger partial charge in [0.25, 0.3) is 0 Å². The first-order valence-electron chi connectivity index (χ1n) is 7.16. The van der Waals surface area contributed by atoms with Crippen molar-refractivity contribution < 1.29 is 4.42 Å². The van der Waals surface area contributed by atoms with Crippen LogP contribution in [0.25, 0.3) is 11.3 Å². The Morgan fingerprint density at radius 1 is 1.14 bits per heavy atom. The molecule has 0 atom stereocenters. The van der Waals surface area contributed by atoms with Crippen LogP contribution in [0.15, 0.2) is 34.7 Å². The van der Waals surface area contributed by atoms with Crippen LogP contribution in [0.2, 0.25) is 5.02 Å². The molecule has 0 aliphatic heterocycles. The van der Waals surface area contributed by atoms with E-state index >= 15 is 0 Å². The van der Waals surface area contributed by atoms with Gasteiger partial charge in [-0.3, -0.25) is 0 Å². The summed E-state index contributed by atoms with van der Waals surface area (Å²) in [6.45, 7) is 5.92. The van der Waals surface area contributed by atoms with E-state index in [0.717, 1.165) is 58.3 Å². The van der Waals surface area contributed by atoms with Crippen LogP contribution in [0.1, 0.15) is 19.1 Å². The fourth-order valence-electron chi connectivity index (χ4n) is 2.03. The third-order valence-corrected chi connectivity index (χ3v) is 4.10. The lowest BCUT2D eigenvalue weighted by Gasteiger charge is -2.04. The maximum Gasteiger partial charge on any atom is 0.135 e. The quantitative estimate of drug-likeness (QED) is 0.496. The van der Waals surface area contributed by atoms with Crippen molar-refractivity contribution in [1.29, 1.82) is 0 Å². The monoisotopic (exact) mass is 418 g/mol. The van der Waals surface area contributed by atoms with Crippen molar-refractivity contribution in [2.45, 2.75) is 19.9 Å². The first kappa shape index (κ1) is 16.8. The average molecular weight is 419 g/mol. The highest BCUT2D eigenvalue weighted by Gasteiger charge is 2.08. The van der Waals surface area contributed by atoms with Gasteiger partial charge in [0.15, 0.2) is 0 Å². The van der Waals surface area contributed by atoms with E-state index in [-0.39, 0.29) is 0 Å². The van der Waals surface area contributed by atoms with Crippen molar-refractivity contribution in [1.82, 2.24) is 10.6 Å². The van der Waals surface area contributed by atoms with Crippen molar-refractivity contribution in [3.63, 3.8) is 0 Å². The van der Waals surface area contributed by atoms with Gasteiger partial charge in [-0.1, -0.05) is 18.5 Å². The normalized spacial score (nSPS) is 11.0. The Morgan fingerprint density at radius 2 is 1.95 bits per heavy atom. The molecule has 0 spiro atoms. The molecule has 0 radical (unpaired) electrons. The molecule has 0 bridgehead atoms. The zero-order valence-corrected chi connectivity index (χ0v) is 15.0. The second kappa shape index (κ2) is 8.78. The molecule has 0 fully saturated rings. The Kier molecular flexibility index (Phi) is 7.03. The zero-order chi connectivity index (χ0) is 15.1. The highest BCUT2D eigenvalue weighted by atomic mass is 127. The summed E-state index contributed by atoms with van der Waals surface area (Å²) in [5.41, 5.74) is 0.940. The van der Waals surface area contributed by atoms with Gasteiger partial charge in [-0.05, 0) is 79.0 Å². The van der Waals surface area contributed by atoms with Crippen LogP contribution in [0.4, 0.5) is 0 Å². The molecule has 1 aromatic carbocycles. The third-order valence-electron chi connectivity index (χ3n) is 3.11. The number of rotatable bonds is 8. The summed E-state index contributed by atoms with van der Waals surface area (Å²) in [6, 6.07) is 9.95. The number of benzene rings is 1. The smallest absolute Gasteiger partial charge is 0.135 e. The van der Waals surface area contributed by atoms with Gasteiger partial charge >= 0.3 is 0 Å². The summed E-state index contributed by atoms with van der Waals surface area (Å²) in [4.78, 5) is 0. The van der Waals surface area contributed by atoms with E-state index in [1.54, 1.807) is 0 Å². The van der Waals surface area contributed by atoms with E-state index < -0.39 is 0 Å². The fraction of sp³-hybridized carbons (Fsp3) is 0.375. The number of nitrogens with one attached hydrogen (secondary N) is 2. The Hall–Kier alpha value is -0.560. The fourth-order valence-corrected chi connectivity index (χ4v) is 2.98. The lowest BCUT2D eigenvalue weighted by atomic mass is 10.2. The van der Waals surface area contributed by atoms with Gasteiger partial charge in [0.2, 0.25) is 0 Å². The lowest BCUT2D eigenvalue weighted by molar-refractivity contribution is 0.488. The first-order valence-corrected chi connectivity index (χ1v) is 8.62. The summed E-state index contributed by atoms with van der Waals surface area (Å²) in [6.07, 6.45) is 1.12. The van der Waals surface area contributed by atoms with Crippen LogP contribution < -0.4 is 10.6 Å². The van der Waals surface area contributed by atoms with Gasteiger partial charge in [0, 0.05) is 9.13 Å². The molecule has 21 heavy (non-hydrogen) atoms. The topological polar surface area (TPSA) is 37.2 Å². The Morgan fingerprint density at radius 3 is 2.71 bits per heavy atom. The number of hydrogen-bond acceptors (Lipinski definition) is 3. The second-order valence-corrected chi connectivity index (χ2v) is 6.43. The van der Waals surface area contributed by atoms with E-state index in [0.29, 0.717) is 0 Å². The summed E-state index contributed by atoms with van der Waals surface area (Å²) in [5, 5.41) is 7.41. The van der Waals surface area contributed by atoms with E-state index in [1.807, 2.05) is 30.3 Å². The molecule has 0 amide bonds. The van der Waals surface area contributed by atoms with Crippen LogP contribution in [0.5, 0.6) is 0 Å². The van der Waals surface area contributed by atoms with Crippen molar-refractivity contribution in [2.24, 2.45) is 0 Å². The number of hydrogen-bond donors (Lipinski definition) is 2. The van der Waals surface area contributed by atoms with Crippen LogP contribution >= 0.6 is 34.2 Å². The van der Waals surface area contributed by atoms with Crippen LogP contribution in [-0.2, 0) is 6.54 Å². The minimum absolute atomic E-state index is 0.724. The Bertz CT molecular complexity index is 571. The maximum absolute atomic E-state index is 6.26. The zero-order valence-electron chi connectivity index (χ0n) is 12.1. The summed E-state index contributed by atoms with van der Waals surface area (Å²) < 4.78 is 6.97. The highest BCUT2D eigenvalue weighted by Crippen LogP contribution is 2.30. The summed E-state index contributed by atoms with van der Waals surface area (Å²) in [5.74, 6) is 1.75. The first-order chi connectivity index (χ1) is 10.2. The maximum atomic E-state index is 6.26. The molecule has 0 aliphatic carbocycles. The van der Waals surface area contributed by atoms with Crippen LogP contribution in [-0.4, -0.2) is 19.6 Å². The SMILES string of the molecule is CCNCCCNCc1ccc(-c2ccc(I)cc2Cl)o1. The molecule has 3 nitrogen and oxygen atoms in total. The summed E-state index contributed by atoms with van der Waals surface area (Å²) >= 11 is 8.51. The third kappa shape index (κ3) is 5.29. The summed E-state index contributed by atoms with van der Waals surface area (Å²) in [7, 11) is 0. The van der Waals surface area contributed by atoms with E-state index in [9.17, 15) is 0 Å². The van der Waals surface area contributed by atoms with Crippen LogP contribution in [0.3, 0.4) is 0 Å². The van der Waals surface area contributed by atoms with Gasteiger partial charge in [-0.15, -0.1) is 0 Å². The van der Waals surface area contributed by atoms with Crippen molar-refractivity contribution in [3.8, 4) is 11.3 Å². The van der Waals surface area contributed by atoms with Gasteiger partial charge < -0.3 is 15.1 Å². The molecule has 2 rings (SSSR count). The molecule has 1 aromatic heterocycles. The van der Waals surface area contributed by atoms with Crippen molar-refractivity contribution in [3.05, 3.63) is 44.7 Å². The molecular weight excluding hydrogens is 399 g/mol. The van der Waals surface area contributed by atoms with Gasteiger partial charge in [0.1, 0.15) is 11.5 Å². The number of furan rings is 1. The molecule has 0 saturated heterocycles. The molecule has 2 N–H and O–H groups in total. The average Bonchev–Trinajstić information content (AvgIpc) is 2.91. The molecule has 114 valence electrons. The molecule has 0 saturated carbocycles. The molecule has 2 aromatic rings. The van der Waals surface area contributed by atoms with E-state index in [1.165, 1.54) is 0 Å². The van der Waals surface area contributed by atoms with Crippen molar-refractivity contribution >= 4 is 34.2 Å². The lowest BCUT2D eigenvalue weighted by Crippen LogP contribution is -2.21. The van der Waals surface area contributed by atoms with Gasteiger partial charge in [0.05, 0.1) is 11.6 Å². The largest absolute Gasteiger partial charge is 0.460 e. The standard InChI is InChI=1S/C16H20ClIN2O/c1-2-19-8-3-9-20-11-13-5-7-16(21-13)14-6-4-12(18)10-15(14)17/h4-7,10,19-20H,2-3,8-9,11H2,1H3. The minimum Gasteiger partial charge on any atom is -0.460 e. The van der Waals surface area contributed by atoms with Crippen molar-refractivity contribution in [2.75, 3.05) is 19.6 Å². The van der Waals surface area contributed by atoms with Crippen LogP contribution in [0, 0.1) is 3.57 Å². The second-order valence-electron chi connectivity index (χ2n) is 4.77. The predicted molar refractivity (Wildman–Crippen MR) is 96.7 cm³/mol. The van der Waals surface area contributed by atoms with Gasteiger partial charge in [-0.25, -0.2) is 0 Å². The number of halogens is 2. The Balaban J connectivity index is 1.86. The minimum atomic E-state index is 0.724. The predicted octanol–water partition coefficient (Wildman–Crippen LogP) is 4.29. The Labute approximate surface area is 144 Å².